The summed E-state index contributed by atoms with van der Waals surface area (Å²) < 4.78 is 34.6. The van der Waals surface area contributed by atoms with E-state index in [1.165, 1.54) is 4.68 Å². The van der Waals surface area contributed by atoms with Crippen molar-refractivity contribution >= 4 is 27.1 Å². The first kappa shape index (κ1) is 22.4. The lowest BCUT2D eigenvalue weighted by Gasteiger charge is -2.19. The molecule has 0 bridgehead atoms. The van der Waals surface area contributed by atoms with E-state index in [1.54, 1.807) is 58.2 Å². The molecule has 0 radical (unpaired) electrons. The number of rotatable bonds is 5. The molecule has 0 fully saturated rings. The topological polar surface area (TPSA) is 119 Å². The molecule has 1 aromatic heterocycles. The Kier molecular flexibility index (Phi) is 6.14. The van der Waals surface area contributed by atoms with Gasteiger partial charge in [-0.05, 0) is 38.5 Å². The molecule has 0 aliphatic rings. The second-order valence-corrected chi connectivity index (χ2v) is 9.45. The Hall–Kier alpha value is -3.24. The lowest BCUT2D eigenvalue weighted by Crippen LogP contribution is -2.42. The second kappa shape index (κ2) is 8.48. The maximum Gasteiger partial charge on any atom is 0.422 e. The van der Waals surface area contributed by atoms with Crippen molar-refractivity contribution in [2.24, 2.45) is 7.05 Å². The van der Waals surface area contributed by atoms with Gasteiger partial charge in [0.25, 0.3) is 5.56 Å². The van der Waals surface area contributed by atoms with Crippen molar-refractivity contribution in [1.29, 1.82) is 0 Å². The highest BCUT2D eigenvalue weighted by Crippen LogP contribution is 2.25. The molecule has 0 aliphatic heterocycles. The van der Waals surface area contributed by atoms with Gasteiger partial charge >= 0.3 is 16.3 Å². The predicted octanol–water partition coefficient (Wildman–Crippen LogP) is 2.46. The minimum atomic E-state index is -4.11. The number of carbonyl (C=O) groups is 1. The van der Waals surface area contributed by atoms with Crippen LogP contribution >= 0.6 is 0 Å². The second-order valence-electron chi connectivity index (χ2n) is 7.95. The van der Waals surface area contributed by atoms with Gasteiger partial charge in [0.2, 0.25) is 0 Å². The summed E-state index contributed by atoms with van der Waals surface area (Å²) in [6.07, 6.45) is -1.06. The summed E-state index contributed by atoms with van der Waals surface area (Å²) >= 11 is 0. The van der Waals surface area contributed by atoms with E-state index in [9.17, 15) is 18.0 Å². The molecule has 164 valence electrons. The molecule has 0 saturated carbocycles. The molecule has 1 amide bonds. The van der Waals surface area contributed by atoms with Gasteiger partial charge in [0.15, 0.2) is 0 Å². The first-order valence-corrected chi connectivity index (χ1v) is 11.0. The molecule has 0 atom stereocenters. The van der Waals surface area contributed by atoms with Crippen LogP contribution in [0.3, 0.4) is 0 Å². The molecular formula is C21H24N4O5S. The molecule has 1 heterocycles. The summed E-state index contributed by atoms with van der Waals surface area (Å²) in [6.45, 7) is 4.84. The zero-order valence-electron chi connectivity index (χ0n) is 17.7. The third-order valence-corrected chi connectivity index (χ3v) is 5.20. The van der Waals surface area contributed by atoms with Crippen LogP contribution in [-0.2, 0) is 28.5 Å². The quantitative estimate of drug-likeness (QED) is 0.624. The summed E-state index contributed by atoms with van der Waals surface area (Å²) in [5, 5.41) is 5.63. The van der Waals surface area contributed by atoms with Gasteiger partial charge < -0.3 is 4.74 Å². The first-order valence-electron chi connectivity index (χ1n) is 9.51. The number of aryl methyl sites for hydroxylation is 1. The minimum Gasteiger partial charge on any atom is -0.443 e. The number of carbonyl (C=O) groups excluding carboxylic acids is 1. The van der Waals surface area contributed by atoms with Gasteiger partial charge in [-0.2, -0.15) is 18.2 Å². The molecule has 31 heavy (non-hydrogen) atoms. The zero-order chi connectivity index (χ0) is 22.8. The molecule has 10 heteroatoms. The van der Waals surface area contributed by atoms with Crippen LogP contribution in [0.5, 0.6) is 0 Å². The van der Waals surface area contributed by atoms with E-state index >= 15 is 0 Å². The van der Waals surface area contributed by atoms with E-state index in [4.69, 9.17) is 4.74 Å². The van der Waals surface area contributed by atoms with Crippen LogP contribution < -0.4 is 15.0 Å². The highest BCUT2D eigenvalue weighted by Gasteiger charge is 2.21. The fourth-order valence-corrected chi connectivity index (χ4v) is 3.65. The maximum absolute atomic E-state index is 12.3. The number of hydrogen-bond donors (Lipinski definition) is 2. The molecular weight excluding hydrogens is 420 g/mol. The highest BCUT2D eigenvalue weighted by molar-refractivity contribution is 7.88. The highest BCUT2D eigenvalue weighted by atomic mass is 32.2. The fourth-order valence-electron chi connectivity index (χ4n) is 2.96. The maximum atomic E-state index is 12.3. The van der Waals surface area contributed by atoms with Crippen LogP contribution in [0.25, 0.3) is 22.0 Å². The van der Waals surface area contributed by atoms with Crippen molar-refractivity contribution in [2.45, 2.75) is 32.9 Å². The van der Waals surface area contributed by atoms with Gasteiger partial charge in [-0.15, -0.1) is 0 Å². The van der Waals surface area contributed by atoms with Crippen LogP contribution in [0.15, 0.2) is 53.3 Å². The van der Waals surface area contributed by atoms with Gasteiger partial charge in [-0.25, -0.2) is 14.2 Å². The van der Waals surface area contributed by atoms with Gasteiger partial charge in [-0.3, -0.25) is 4.79 Å². The molecule has 9 nitrogen and oxygen atoms in total. The lowest BCUT2D eigenvalue weighted by molar-refractivity contribution is 0.0569. The summed E-state index contributed by atoms with van der Waals surface area (Å²) in [5.41, 5.74) is 0.959. The molecule has 2 N–H and O–H groups in total. The van der Waals surface area contributed by atoms with E-state index in [0.717, 1.165) is 5.56 Å². The van der Waals surface area contributed by atoms with Crippen molar-refractivity contribution < 1.29 is 17.9 Å². The molecule has 2 aromatic carbocycles. The number of nitrogens with zero attached hydrogens (tertiary/aromatic N) is 2. The Morgan fingerprint density at radius 1 is 1.10 bits per heavy atom. The number of ether oxygens (including phenoxy) is 1. The molecule has 3 rings (SSSR count). The van der Waals surface area contributed by atoms with E-state index in [1.807, 2.05) is 22.9 Å². The number of hydrogen-bond acceptors (Lipinski definition) is 6. The van der Waals surface area contributed by atoms with Crippen molar-refractivity contribution in [1.82, 2.24) is 19.2 Å². The predicted molar refractivity (Wildman–Crippen MR) is 118 cm³/mol. The third-order valence-electron chi connectivity index (χ3n) is 4.24. The number of amides is 1. The average molecular weight is 445 g/mol. The molecule has 3 aromatic rings. The van der Waals surface area contributed by atoms with Crippen molar-refractivity contribution in [3.8, 4) is 11.3 Å². The van der Waals surface area contributed by atoms with Crippen molar-refractivity contribution in [3.05, 3.63) is 64.4 Å². The number of nitrogens with one attached hydrogen (secondary N) is 2. The van der Waals surface area contributed by atoms with Crippen LogP contribution in [0, 0.1) is 0 Å². The smallest absolute Gasteiger partial charge is 0.422 e. The van der Waals surface area contributed by atoms with Gasteiger partial charge in [0, 0.05) is 24.5 Å². The normalized spacial score (nSPS) is 12.0. The number of benzene rings is 2. The van der Waals surface area contributed by atoms with Crippen molar-refractivity contribution in [3.63, 3.8) is 0 Å². The number of fused-ring (bicyclic) bond motifs is 1. The lowest BCUT2D eigenvalue weighted by atomic mass is 10.0. The van der Waals surface area contributed by atoms with Crippen LogP contribution in [-0.4, -0.2) is 29.9 Å². The fraction of sp³-hybridized carbons (Fsp3) is 0.286. The Balaban J connectivity index is 1.82. The molecule has 0 aliphatic carbocycles. The first-order chi connectivity index (χ1) is 14.5. The SMILES string of the molecule is Cn1nc(-c2cccc(CNS(=O)(=O)NC(=O)OC(C)(C)C)c2)c2ccccc2c1=O. The number of aromatic nitrogens is 2. The Labute approximate surface area is 180 Å². The van der Waals surface area contributed by atoms with Crippen LogP contribution in [0.1, 0.15) is 26.3 Å². The Morgan fingerprint density at radius 3 is 2.45 bits per heavy atom. The standard InChI is InChI=1S/C21H24N4O5S/c1-21(2,3)30-20(27)24-31(28,29)22-13-14-8-7-9-15(12-14)18-16-10-5-6-11-17(16)19(26)25(4)23-18/h5-12,22H,13H2,1-4H3,(H,24,27). The molecule has 0 spiro atoms. The summed E-state index contributed by atoms with van der Waals surface area (Å²) in [6, 6.07) is 14.3. The zero-order valence-corrected chi connectivity index (χ0v) is 18.5. The Bertz CT molecular complexity index is 1290. The van der Waals surface area contributed by atoms with E-state index in [-0.39, 0.29) is 12.1 Å². The van der Waals surface area contributed by atoms with Gasteiger partial charge in [0.05, 0.1) is 11.1 Å². The van der Waals surface area contributed by atoms with E-state index in [2.05, 4.69) is 9.82 Å². The third kappa shape index (κ3) is 5.68. The van der Waals surface area contributed by atoms with E-state index < -0.39 is 21.9 Å². The van der Waals surface area contributed by atoms with E-state index in [0.29, 0.717) is 22.0 Å². The van der Waals surface area contributed by atoms with Crippen LogP contribution in [0.4, 0.5) is 4.79 Å². The Morgan fingerprint density at radius 2 is 1.77 bits per heavy atom. The van der Waals surface area contributed by atoms with Crippen molar-refractivity contribution in [2.75, 3.05) is 0 Å². The minimum absolute atomic E-state index is 0.0599. The van der Waals surface area contributed by atoms with Gasteiger partial charge in [0.1, 0.15) is 5.60 Å². The molecule has 0 unspecified atom stereocenters. The largest absolute Gasteiger partial charge is 0.443 e. The van der Waals surface area contributed by atoms with Crippen LogP contribution in [0.2, 0.25) is 0 Å². The average Bonchev–Trinajstić information content (AvgIpc) is 2.67. The van der Waals surface area contributed by atoms with Gasteiger partial charge in [-0.1, -0.05) is 36.4 Å². The summed E-state index contributed by atoms with van der Waals surface area (Å²) in [5.74, 6) is 0. The summed E-state index contributed by atoms with van der Waals surface area (Å²) in [7, 11) is -2.53. The summed E-state index contributed by atoms with van der Waals surface area (Å²) in [4.78, 5) is 24.1. The molecule has 0 saturated heterocycles. The monoisotopic (exact) mass is 444 g/mol.